The normalized spacial score (nSPS) is 17.3. The Morgan fingerprint density at radius 3 is 2.52 bits per heavy atom. The van der Waals surface area contributed by atoms with E-state index in [1.54, 1.807) is 0 Å². The smallest absolute Gasteiger partial charge is 0.190 e. The molecule has 1 fully saturated rings. The van der Waals surface area contributed by atoms with Crippen LogP contribution in [0.15, 0.2) is 35.3 Å². The van der Waals surface area contributed by atoms with E-state index in [-0.39, 0.29) is 0 Å². The standard InChI is InChI=1S/C21H36N4/c1-19(20-12-6-3-7-13-20)18-24-21(22-2)23-14-8-4-9-15-25-16-10-5-11-17-25/h3,6-7,12-13,19H,4-5,8-11,14-18H2,1-2H3,(H2,22,23,24). The number of benzene rings is 1. The first-order valence-electron chi connectivity index (χ1n) is 10.0. The third kappa shape index (κ3) is 7.91. The molecule has 0 amide bonds. The molecule has 0 spiro atoms. The second-order valence-electron chi connectivity index (χ2n) is 7.15. The van der Waals surface area contributed by atoms with Gasteiger partial charge in [0.15, 0.2) is 5.96 Å². The summed E-state index contributed by atoms with van der Waals surface area (Å²) in [5.41, 5.74) is 1.36. The number of aliphatic imine (C=N–C) groups is 1. The van der Waals surface area contributed by atoms with Crippen LogP contribution in [0.5, 0.6) is 0 Å². The molecule has 0 saturated carbocycles. The van der Waals surface area contributed by atoms with Crippen molar-refractivity contribution in [3.8, 4) is 0 Å². The molecule has 0 radical (unpaired) electrons. The molecule has 1 aromatic rings. The summed E-state index contributed by atoms with van der Waals surface area (Å²) in [5.74, 6) is 1.39. The minimum atomic E-state index is 0.476. The number of unbranched alkanes of at least 4 members (excludes halogenated alkanes) is 2. The topological polar surface area (TPSA) is 39.7 Å². The quantitative estimate of drug-likeness (QED) is 0.408. The van der Waals surface area contributed by atoms with E-state index in [0.717, 1.165) is 19.0 Å². The van der Waals surface area contributed by atoms with Crippen LogP contribution in [-0.4, -0.2) is 50.6 Å². The molecule has 4 heteroatoms. The van der Waals surface area contributed by atoms with Crippen molar-refractivity contribution in [2.75, 3.05) is 39.8 Å². The minimum Gasteiger partial charge on any atom is -0.356 e. The van der Waals surface area contributed by atoms with E-state index in [1.807, 2.05) is 7.05 Å². The van der Waals surface area contributed by atoms with Crippen LogP contribution in [0.2, 0.25) is 0 Å². The highest BCUT2D eigenvalue weighted by atomic mass is 15.2. The molecule has 140 valence electrons. The molecule has 2 N–H and O–H groups in total. The van der Waals surface area contributed by atoms with Crippen LogP contribution in [0.25, 0.3) is 0 Å². The summed E-state index contributed by atoms with van der Waals surface area (Å²) in [6, 6.07) is 10.6. The van der Waals surface area contributed by atoms with Gasteiger partial charge in [-0.05, 0) is 56.8 Å². The number of likely N-dealkylation sites (tertiary alicyclic amines) is 1. The highest BCUT2D eigenvalue weighted by molar-refractivity contribution is 5.79. The van der Waals surface area contributed by atoms with E-state index in [4.69, 9.17) is 0 Å². The Balaban J connectivity index is 1.53. The largest absolute Gasteiger partial charge is 0.356 e. The maximum absolute atomic E-state index is 4.33. The number of hydrogen-bond acceptors (Lipinski definition) is 2. The van der Waals surface area contributed by atoms with E-state index in [1.165, 1.54) is 63.7 Å². The molecule has 4 nitrogen and oxygen atoms in total. The highest BCUT2D eigenvalue weighted by Gasteiger charge is 2.09. The Labute approximate surface area is 154 Å². The molecule has 1 saturated heterocycles. The number of hydrogen-bond donors (Lipinski definition) is 2. The van der Waals surface area contributed by atoms with Gasteiger partial charge in [-0.25, -0.2) is 0 Å². The SMILES string of the molecule is CN=C(NCCCCCN1CCCCC1)NCC(C)c1ccccc1. The van der Waals surface area contributed by atoms with Crippen LogP contribution in [0.1, 0.15) is 56.9 Å². The fraction of sp³-hybridized carbons (Fsp3) is 0.667. The van der Waals surface area contributed by atoms with Gasteiger partial charge < -0.3 is 15.5 Å². The van der Waals surface area contributed by atoms with Gasteiger partial charge in [0.05, 0.1) is 0 Å². The van der Waals surface area contributed by atoms with Crippen LogP contribution in [-0.2, 0) is 0 Å². The van der Waals surface area contributed by atoms with Crippen LogP contribution in [0.4, 0.5) is 0 Å². The van der Waals surface area contributed by atoms with Gasteiger partial charge in [0.25, 0.3) is 0 Å². The summed E-state index contributed by atoms with van der Waals surface area (Å²) in [4.78, 5) is 6.96. The van der Waals surface area contributed by atoms with Crippen LogP contribution in [0, 0.1) is 0 Å². The maximum atomic E-state index is 4.33. The number of guanidine groups is 1. The molecule has 2 rings (SSSR count). The summed E-state index contributed by atoms with van der Waals surface area (Å²) in [7, 11) is 1.85. The van der Waals surface area contributed by atoms with Crippen molar-refractivity contribution in [3.63, 3.8) is 0 Å². The van der Waals surface area contributed by atoms with Crippen LogP contribution in [0.3, 0.4) is 0 Å². The molecule has 1 atom stereocenters. The first kappa shape index (κ1) is 19.8. The van der Waals surface area contributed by atoms with Gasteiger partial charge in [-0.2, -0.15) is 0 Å². The second-order valence-corrected chi connectivity index (χ2v) is 7.15. The van der Waals surface area contributed by atoms with Gasteiger partial charge in [-0.1, -0.05) is 50.1 Å². The summed E-state index contributed by atoms with van der Waals surface area (Å²) in [5, 5.41) is 6.88. The van der Waals surface area contributed by atoms with Gasteiger partial charge in [-0.3, -0.25) is 4.99 Å². The fourth-order valence-electron chi connectivity index (χ4n) is 3.40. The fourth-order valence-corrected chi connectivity index (χ4v) is 3.40. The van der Waals surface area contributed by atoms with Gasteiger partial charge in [0.2, 0.25) is 0 Å². The zero-order valence-electron chi connectivity index (χ0n) is 16.1. The van der Waals surface area contributed by atoms with Crippen molar-refractivity contribution in [1.82, 2.24) is 15.5 Å². The lowest BCUT2D eigenvalue weighted by atomic mass is 10.0. The van der Waals surface area contributed by atoms with Crippen molar-refractivity contribution in [2.24, 2.45) is 4.99 Å². The van der Waals surface area contributed by atoms with Crippen molar-refractivity contribution >= 4 is 5.96 Å². The molecule has 1 aromatic carbocycles. The van der Waals surface area contributed by atoms with Crippen molar-refractivity contribution in [1.29, 1.82) is 0 Å². The first-order chi connectivity index (χ1) is 12.3. The maximum Gasteiger partial charge on any atom is 0.190 e. The van der Waals surface area contributed by atoms with Gasteiger partial charge in [0.1, 0.15) is 0 Å². The highest BCUT2D eigenvalue weighted by Crippen LogP contribution is 2.13. The number of rotatable bonds is 9. The number of piperidine rings is 1. The number of nitrogens with one attached hydrogen (secondary N) is 2. The van der Waals surface area contributed by atoms with Gasteiger partial charge in [-0.15, -0.1) is 0 Å². The Morgan fingerprint density at radius 1 is 1.04 bits per heavy atom. The van der Waals surface area contributed by atoms with Gasteiger partial charge >= 0.3 is 0 Å². The number of nitrogens with zero attached hydrogens (tertiary/aromatic N) is 2. The van der Waals surface area contributed by atoms with E-state index >= 15 is 0 Å². The molecule has 1 unspecified atom stereocenters. The summed E-state index contributed by atoms with van der Waals surface area (Å²) in [6.07, 6.45) is 8.04. The predicted octanol–water partition coefficient (Wildman–Crippen LogP) is 3.61. The summed E-state index contributed by atoms with van der Waals surface area (Å²) < 4.78 is 0. The van der Waals surface area contributed by atoms with Gasteiger partial charge in [0, 0.05) is 20.1 Å². The summed E-state index contributed by atoms with van der Waals surface area (Å²) in [6.45, 7) is 8.05. The van der Waals surface area contributed by atoms with E-state index < -0.39 is 0 Å². The molecule has 1 aliphatic rings. The molecular formula is C21H36N4. The monoisotopic (exact) mass is 344 g/mol. The zero-order valence-corrected chi connectivity index (χ0v) is 16.1. The first-order valence-corrected chi connectivity index (χ1v) is 10.0. The van der Waals surface area contributed by atoms with Crippen LogP contribution >= 0.6 is 0 Å². The summed E-state index contributed by atoms with van der Waals surface area (Å²) >= 11 is 0. The third-order valence-electron chi connectivity index (χ3n) is 5.06. The van der Waals surface area contributed by atoms with Crippen molar-refractivity contribution in [2.45, 2.75) is 51.4 Å². The Hall–Kier alpha value is -1.55. The third-order valence-corrected chi connectivity index (χ3v) is 5.06. The average Bonchev–Trinajstić information content (AvgIpc) is 2.68. The van der Waals surface area contributed by atoms with Crippen LogP contribution < -0.4 is 10.6 Å². The molecule has 0 aromatic heterocycles. The molecule has 0 bridgehead atoms. The lowest BCUT2D eigenvalue weighted by Gasteiger charge is -2.26. The zero-order chi connectivity index (χ0) is 17.7. The Morgan fingerprint density at radius 2 is 1.80 bits per heavy atom. The van der Waals surface area contributed by atoms with E-state index in [2.05, 4.69) is 57.8 Å². The molecular weight excluding hydrogens is 308 g/mol. The molecule has 1 heterocycles. The average molecular weight is 345 g/mol. The molecule has 1 aliphatic heterocycles. The minimum absolute atomic E-state index is 0.476. The lowest BCUT2D eigenvalue weighted by Crippen LogP contribution is -2.39. The van der Waals surface area contributed by atoms with Crippen molar-refractivity contribution in [3.05, 3.63) is 35.9 Å². The molecule has 0 aliphatic carbocycles. The lowest BCUT2D eigenvalue weighted by molar-refractivity contribution is 0.224. The molecule has 25 heavy (non-hydrogen) atoms. The second kappa shape index (κ2) is 11.9. The Bertz CT molecular complexity index is 480. The van der Waals surface area contributed by atoms with E-state index in [9.17, 15) is 0 Å². The van der Waals surface area contributed by atoms with E-state index in [0.29, 0.717) is 5.92 Å². The Kier molecular flexibility index (Phi) is 9.42. The van der Waals surface area contributed by atoms with Crippen molar-refractivity contribution < 1.29 is 0 Å². The predicted molar refractivity (Wildman–Crippen MR) is 108 cm³/mol.